The molecule has 22 heavy (non-hydrogen) atoms. The lowest BCUT2D eigenvalue weighted by Crippen LogP contribution is -2.60. The van der Waals surface area contributed by atoms with Gasteiger partial charge < -0.3 is 21.1 Å². The van der Waals surface area contributed by atoms with Gasteiger partial charge in [-0.05, 0) is 26.2 Å². The molecule has 0 aromatic heterocycles. The molecule has 0 aromatic rings. The largest absolute Gasteiger partial charge is 0.480 e. The summed E-state index contributed by atoms with van der Waals surface area (Å²) < 4.78 is 0. The monoisotopic (exact) mass is 330 g/mol. The lowest BCUT2D eigenvalue weighted by molar-refractivity contribution is -0.156. The number of amides is 1. The van der Waals surface area contributed by atoms with Crippen molar-refractivity contribution >= 4 is 29.6 Å². The fourth-order valence-electron chi connectivity index (χ4n) is 2.64. The minimum absolute atomic E-state index is 0.0548. The molecule has 122 valence electrons. The van der Waals surface area contributed by atoms with Gasteiger partial charge in [0.25, 0.3) is 0 Å². The average Bonchev–Trinajstić information content (AvgIpc) is 2.72. The zero-order valence-electron chi connectivity index (χ0n) is 11.9. The minimum Gasteiger partial charge on any atom is -0.480 e. The Morgan fingerprint density at radius 2 is 2.05 bits per heavy atom. The Labute approximate surface area is 131 Å². The van der Waals surface area contributed by atoms with Gasteiger partial charge >= 0.3 is 11.9 Å². The number of aliphatic hydroxyl groups is 1. The second-order valence-corrected chi connectivity index (χ2v) is 6.61. The highest BCUT2D eigenvalue weighted by molar-refractivity contribution is 8.04. The van der Waals surface area contributed by atoms with Gasteiger partial charge in [-0.2, -0.15) is 0 Å². The van der Waals surface area contributed by atoms with Crippen LogP contribution in [-0.2, 0) is 14.4 Å². The van der Waals surface area contributed by atoms with Gasteiger partial charge in [0.1, 0.15) is 17.1 Å². The third-order valence-corrected chi connectivity index (χ3v) is 5.24. The Hall–Kier alpha value is -1.58. The molecule has 0 aliphatic carbocycles. The van der Waals surface area contributed by atoms with E-state index in [-0.39, 0.29) is 23.4 Å². The fraction of sp³-hybridized carbons (Fsp3) is 0.615. The van der Waals surface area contributed by atoms with Crippen LogP contribution < -0.4 is 5.73 Å². The van der Waals surface area contributed by atoms with E-state index in [1.807, 2.05) is 0 Å². The Morgan fingerprint density at radius 3 is 2.55 bits per heavy atom. The molecule has 1 fully saturated rings. The summed E-state index contributed by atoms with van der Waals surface area (Å²) in [7, 11) is 0. The van der Waals surface area contributed by atoms with Gasteiger partial charge in [0.2, 0.25) is 5.91 Å². The number of β-lactam (4-membered cyclic amide) rings is 1. The number of nitrogens with zero attached hydrogens (tertiary/aromatic N) is 1. The molecule has 0 bridgehead atoms. The highest BCUT2D eigenvalue weighted by Crippen LogP contribution is 2.51. The van der Waals surface area contributed by atoms with Crippen molar-refractivity contribution in [1.82, 2.24) is 4.90 Å². The predicted molar refractivity (Wildman–Crippen MR) is 77.5 cm³/mol. The van der Waals surface area contributed by atoms with Crippen molar-refractivity contribution in [2.24, 2.45) is 11.7 Å². The zero-order chi connectivity index (χ0) is 16.6. The summed E-state index contributed by atoms with van der Waals surface area (Å²) >= 11 is 1.25. The van der Waals surface area contributed by atoms with Gasteiger partial charge in [-0.1, -0.05) is 0 Å². The van der Waals surface area contributed by atoms with Gasteiger partial charge in [0.15, 0.2) is 0 Å². The van der Waals surface area contributed by atoms with E-state index in [4.69, 9.17) is 10.8 Å². The number of aliphatic hydroxyl groups excluding tert-OH is 1. The molecule has 8 nitrogen and oxygen atoms in total. The number of fused-ring (bicyclic) bond motifs is 1. The van der Waals surface area contributed by atoms with E-state index < -0.39 is 30.0 Å². The lowest BCUT2D eigenvalue weighted by Gasteiger charge is -2.43. The van der Waals surface area contributed by atoms with Crippen molar-refractivity contribution in [3.05, 3.63) is 10.6 Å². The third-order valence-electron chi connectivity index (χ3n) is 3.81. The number of hydrogen-bond donors (Lipinski definition) is 4. The number of carbonyl (C=O) groups excluding carboxylic acids is 1. The van der Waals surface area contributed by atoms with Crippen molar-refractivity contribution in [2.75, 3.05) is 0 Å². The lowest BCUT2D eigenvalue weighted by atomic mass is 9.92. The number of aliphatic carboxylic acids is 2. The Morgan fingerprint density at radius 1 is 1.41 bits per heavy atom. The molecule has 2 aliphatic rings. The molecule has 2 heterocycles. The first-order chi connectivity index (χ1) is 10.3. The van der Waals surface area contributed by atoms with Crippen molar-refractivity contribution in [2.45, 2.75) is 43.7 Å². The van der Waals surface area contributed by atoms with Crippen molar-refractivity contribution in [3.8, 4) is 0 Å². The predicted octanol–water partition coefficient (Wildman–Crippen LogP) is -0.223. The highest BCUT2D eigenvalue weighted by atomic mass is 32.2. The first-order valence-electron chi connectivity index (χ1n) is 6.88. The molecule has 0 aromatic carbocycles. The number of carboxylic acids is 2. The van der Waals surface area contributed by atoms with Gasteiger partial charge in [0.05, 0.1) is 12.0 Å². The van der Waals surface area contributed by atoms with Gasteiger partial charge in [-0.15, -0.1) is 11.8 Å². The number of thioether (sulfide) groups is 1. The van der Waals surface area contributed by atoms with Crippen LogP contribution in [0.2, 0.25) is 0 Å². The molecule has 2 aliphatic heterocycles. The number of carbonyl (C=O) groups is 3. The maximum absolute atomic E-state index is 12.0. The van der Waals surface area contributed by atoms with Crippen LogP contribution in [0.5, 0.6) is 0 Å². The number of nitrogens with two attached hydrogens (primary N) is 1. The van der Waals surface area contributed by atoms with Crippen LogP contribution in [0.25, 0.3) is 0 Å². The summed E-state index contributed by atoms with van der Waals surface area (Å²) in [6.45, 7) is 1.50. The summed E-state index contributed by atoms with van der Waals surface area (Å²) in [5.41, 5.74) is 5.36. The first kappa shape index (κ1) is 16.8. The summed E-state index contributed by atoms with van der Waals surface area (Å²) in [4.78, 5) is 35.8. The Kier molecular flexibility index (Phi) is 4.78. The second kappa shape index (κ2) is 6.27. The number of hydrogen-bond acceptors (Lipinski definition) is 6. The maximum atomic E-state index is 12.0. The molecular weight excluding hydrogens is 312 g/mol. The normalized spacial score (nSPS) is 26.5. The quantitative estimate of drug-likeness (QED) is 0.469. The van der Waals surface area contributed by atoms with Crippen LogP contribution >= 0.6 is 11.8 Å². The molecular formula is C13H18N2O6S. The van der Waals surface area contributed by atoms with E-state index in [1.54, 1.807) is 0 Å². The molecule has 1 saturated heterocycles. The smallest absolute Gasteiger partial charge is 0.353 e. The molecule has 4 atom stereocenters. The molecule has 1 amide bonds. The Balaban J connectivity index is 2.06. The van der Waals surface area contributed by atoms with E-state index in [2.05, 4.69) is 0 Å². The van der Waals surface area contributed by atoms with Crippen molar-refractivity contribution in [1.29, 1.82) is 0 Å². The van der Waals surface area contributed by atoms with E-state index in [0.717, 1.165) is 0 Å². The molecule has 3 unspecified atom stereocenters. The minimum atomic E-state index is -1.19. The van der Waals surface area contributed by atoms with Crippen LogP contribution in [-0.4, -0.2) is 55.6 Å². The van der Waals surface area contributed by atoms with E-state index in [0.29, 0.717) is 17.7 Å². The maximum Gasteiger partial charge on any atom is 0.353 e. The number of allylic oxidation sites excluding steroid dienone is 1. The molecule has 0 radical (unpaired) electrons. The molecule has 2 rings (SSSR count). The molecule has 5 N–H and O–H groups in total. The van der Waals surface area contributed by atoms with Crippen molar-refractivity contribution in [3.63, 3.8) is 0 Å². The first-order valence-corrected chi connectivity index (χ1v) is 7.76. The van der Waals surface area contributed by atoms with Crippen LogP contribution in [0.4, 0.5) is 0 Å². The number of carboxylic acid groups (broad SMARTS) is 2. The summed E-state index contributed by atoms with van der Waals surface area (Å²) in [6, 6.07) is -0.982. The highest BCUT2D eigenvalue weighted by Gasteiger charge is 2.57. The second-order valence-electron chi connectivity index (χ2n) is 5.40. The average molecular weight is 330 g/mol. The van der Waals surface area contributed by atoms with Crippen LogP contribution in [0, 0.1) is 5.92 Å². The molecule has 9 heteroatoms. The topological polar surface area (TPSA) is 141 Å². The van der Waals surface area contributed by atoms with E-state index in [1.165, 1.54) is 23.6 Å². The SMILES string of the molecule is CC(O)C1C(=O)N2C(C(=O)O)=C(CCCC(N)C(=O)O)S[C@H]12. The number of rotatable bonds is 7. The van der Waals surface area contributed by atoms with Crippen molar-refractivity contribution < 1.29 is 29.7 Å². The Bertz CT molecular complexity index is 547. The van der Waals surface area contributed by atoms with E-state index >= 15 is 0 Å². The summed E-state index contributed by atoms with van der Waals surface area (Å²) in [5, 5.41) is 27.2. The fourth-order valence-corrected chi connectivity index (χ4v) is 4.29. The van der Waals surface area contributed by atoms with Gasteiger partial charge in [-0.25, -0.2) is 4.79 Å². The van der Waals surface area contributed by atoms with Crippen LogP contribution in [0.15, 0.2) is 10.6 Å². The van der Waals surface area contributed by atoms with Gasteiger partial charge in [-0.3, -0.25) is 14.5 Å². The van der Waals surface area contributed by atoms with E-state index in [9.17, 15) is 24.6 Å². The van der Waals surface area contributed by atoms with Crippen LogP contribution in [0.3, 0.4) is 0 Å². The van der Waals surface area contributed by atoms with Crippen LogP contribution in [0.1, 0.15) is 26.2 Å². The summed E-state index contributed by atoms with van der Waals surface area (Å²) in [6.07, 6.45) is 0.155. The summed E-state index contributed by atoms with van der Waals surface area (Å²) in [5.74, 6) is -3.27. The van der Waals surface area contributed by atoms with Gasteiger partial charge in [0, 0.05) is 4.91 Å². The molecule has 0 spiro atoms. The third kappa shape index (κ3) is 2.83. The standard InChI is InChI=1S/C13H18N2O6S/c1-5(16)8-10(17)15-9(13(20)21)7(22-11(8)15)4-2-3-6(14)12(18)19/h5-6,8,11,16H,2-4,14H2,1H3,(H,18,19)(H,20,21)/t5?,6?,8?,11-/m1/s1. The zero-order valence-corrected chi connectivity index (χ0v) is 12.7. The molecule has 0 saturated carbocycles.